The molecule has 30 heavy (non-hydrogen) atoms. The van der Waals surface area contributed by atoms with Crippen molar-refractivity contribution in [2.24, 2.45) is 14.1 Å². The molecule has 2 aromatic carbocycles. The highest BCUT2D eigenvalue weighted by molar-refractivity contribution is 5.81. The summed E-state index contributed by atoms with van der Waals surface area (Å²) in [5.41, 5.74) is 2.10. The number of aromatic nitrogens is 4. The van der Waals surface area contributed by atoms with Crippen LogP contribution in [0, 0.1) is 0 Å². The van der Waals surface area contributed by atoms with E-state index in [4.69, 9.17) is 4.74 Å². The number of nitrogens with one attached hydrogen (secondary N) is 1. The third kappa shape index (κ3) is 3.47. The van der Waals surface area contributed by atoms with Crippen LogP contribution in [0.5, 0.6) is 5.75 Å². The van der Waals surface area contributed by atoms with Crippen LogP contribution >= 0.6 is 0 Å². The second-order valence-corrected chi connectivity index (χ2v) is 7.09. The molecule has 8 heteroatoms. The zero-order valence-electron chi connectivity index (χ0n) is 17.1. The fraction of sp³-hybridized carbons (Fsp3) is 0.227. The van der Waals surface area contributed by atoms with Gasteiger partial charge in [-0.3, -0.25) is 13.9 Å². The Balaban J connectivity index is 1.67. The maximum absolute atomic E-state index is 13.0. The zero-order chi connectivity index (χ0) is 21.3. The van der Waals surface area contributed by atoms with E-state index in [1.165, 1.54) is 4.57 Å². The number of nitrogens with zero attached hydrogens (tertiary/aromatic N) is 4. The molecule has 0 aliphatic heterocycles. The van der Waals surface area contributed by atoms with Gasteiger partial charge in [0.1, 0.15) is 24.2 Å². The Hall–Kier alpha value is -3.81. The molecule has 4 rings (SSSR count). The predicted octanol–water partition coefficient (Wildman–Crippen LogP) is 1.99. The molecular formula is C22H23N5O3. The monoisotopic (exact) mass is 405 g/mol. The molecule has 0 spiro atoms. The molecule has 1 atom stereocenters. The van der Waals surface area contributed by atoms with E-state index < -0.39 is 6.04 Å². The number of hydrogen-bond donors (Lipinski definition) is 1. The maximum atomic E-state index is 13.0. The molecule has 0 saturated heterocycles. The average molecular weight is 405 g/mol. The first-order valence-electron chi connectivity index (χ1n) is 9.54. The van der Waals surface area contributed by atoms with Crippen molar-refractivity contribution in [1.29, 1.82) is 0 Å². The number of aryl methyl sites for hydroxylation is 2. The summed E-state index contributed by atoms with van der Waals surface area (Å²) in [6.45, 7) is -0.0922. The molecule has 154 valence electrons. The minimum Gasteiger partial charge on any atom is -0.497 e. The number of para-hydroxylation sites is 2. The molecule has 2 heterocycles. The molecule has 1 unspecified atom stereocenters. The number of amides is 1. The number of methoxy groups -OCH3 is 1. The lowest BCUT2D eigenvalue weighted by Crippen LogP contribution is -2.36. The van der Waals surface area contributed by atoms with Gasteiger partial charge >= 0.3 is 5.69 Å². The van der Waals surface area contributed by atoms with Crippen LogP contribution in [-0.4, -0.2) is 31.7 Å². The van der Waals surface area contributed by atoms with Gasteiger partial charge in [0.05, 0.1) is 18.1 Å². The van der Waals surface area contributed by atoms with E-state index in [1.54, 1.807) is 24.9 Å². The maximum Gasteiger partial charge on any atom is 0.329 e. The van der Waals surface area contributed by atoms with Crippen molar-refractivity contribution in [3.05, 3.63) is 82.8 Å². The number of rotatable bonds is 6. The Labute approximate surface area is 173 Å². The number of imidazole rings is 2. The quantitative estimate of drug-likeness (QED) is 0.532. The van der Waals surface area contributed by atoms with Crippen molar-refractivity contribution in [2.75, 3.05) is 7.11 Å². The first-order chi connectivity index (χ1) is 14.5. The Morgan fingerprint density at radius 1 is 1.13 bits per heavy atom. The van der Waals surface area contributed by atoms with Gasteiger partial charge in [-0.2, -0.15) is 0 Å². The third-order valence-electron chi connectivity index (χ3n) is 5.20. The number of carbonyl (C=O) groups excluding carboxylic acids is 1. The van der Waals surface area contributed by atoms with Crippen LogP contribution < -0.4 is 15.7 Å². The fourth-order valence-electron chi connectivity index (χ4n) is 3.64. The normalized spacial score (nSPS) is 12.1. The van der Waals surface area contributed by atoms with Crippen LogP contribution in [0.3, 0.4) is 0 Å². The lowest BCUT2D eigenvalue weighted by atomic mass is 10.1. The van der Waals surface area contributed by atoms with Crippen molar-refractivity contribution < 1.29 is 9.53 Å². The first kappa shape index (κ1) is 19.5. The first-order valence-corrected chi connectivity index (χ1v) is 9.54. The Morgan fingerprint density at radius 2 is 1.90 bits per heavy atom. The van der Waals surface area contributed by atoms with Gasteiger partial charge in [0, 0.05) is 26.5 Å². The lowest BCUT2D eigenvalue weighted by molar-refractivity contribution is -0.122. The van der Waals surface area contributed by atoms with Gasteiger partial charge in [-0.1, -0.05) is 24.3 Å². The molecule has 2 aromatic heterocycles. The highest BCUT2D eigenvalue weighted by atomic mass is 16.5. The van der Waals surface area contributed by atoms with Crippen LogP contribution in [-0.2, 0) is 25.4 Å². The second-order valence-electron chi connectivity index (χ2n) is 7.09. The van der Waals surface area contributed by atoms with Crippen LogP contribution in [0.4, 0.5) is 0 Å². The van der Waals surface area contributed by atoms with E-state index in [1.807, 2.05) is 66.3 Å². The summed E-state index contributed by atoms with van der Waals surface area (Å²) in [5, 5.41) is 3.03. The summed E-state index contributed by atoms with van der Waals surface area (Å²) in [4.78, 5) is 30.1. The SMILES string of the molecule is COc1cccc(C(NC(=O)Cn2c(=O)n(C)c3ccccc32)c2nccn2C)c1. The van der Waals surface area contributed by atoms with Gasteiger partial charge in [0.15, 0.2) is 0 Å². The topological polar surface area (TPSA) is 83.1 Å². The summed E-state index contributed by atoms with van der Waals surface area (Å²) in [5.74, 6) is 1.08. The van der Waals surface area contributed by atoms with Crippen molar-refractivity contribution >= 4 is 16.9 Å². The molecule has 0 saturated carbocycles. The summed E-state index contributed by atoms with van der Waals surface area (Å²) < 4.78 is 10.2. The van der Waals surface area contributed by atoms with E-state index >= 15 is 0 Å². The van der Waals surface area contributed by atoms with Gasteiger partial charge in [-0.15, -0.1) is 0 Å². The Kier molecular flexibility index (Phi) is 5.14. The molecule has 4 aromatic rings. The number of fused-ring (bicyclic) bond motifs is 1. The fourth-order valence-corrected chi connectivity index (χ4v) is 3.64. The summed E-state index contributed by atoms with van der Waals surface area (Å²) in [6.07, 6.45) is 3.51. The smallest absolute Gasteiger partial charge is 0.329 e. The highest BCUT2D eigenvalue weighted by Crippen LogP contribution is 2.24. The summed E-state index contributed by atoms with van der Waals surface area (Å²) in [6, 6.07) is 14.4. The minimum absolute atomic E-state index is 0.0922. The number of hydrogen-bond acceptors (Lipinski definition) is 4. The van der Waals surface area contributed by atoms with Gasteiger partial charge in [-0.05, 0) is 29.8 Å². The number of benzene rings is 2. The van der Waals surface area contributed by atoms with Gasteiger partial charge in [-0.25, -0.2) is 9.78 Å². The van der Waals surface area contributed by atoms with Crippen molar-refractivity contribution in [1.82, 2.24) is 24.0 Å². The molecule has 1 amide bonds. The van der Waals surface area contributed by atoms with E-state index in [9.17, 15) is 9.59 Å². The van der Waals surface area contributed by atoms with Gasteiger partial charge in [0.25, 0.3) is 0 Å². The Bertz CT molecular complexity index is 1270. The molecule has 1 N–H and O–H groups in total. The third-order valence-corrected chi connectivity index (χ3v) is 5.20. The molecule has 0 aliphatic rings. The highest BCUT2D eigenvalue weighted by Gasteiger charge is 2.22. The summed E-state index contributed by atoms with van der Waals surface area (Å²) in [7, 11) is 5.17. The minimum atomic E-state index is -0.488. The largest absolute Gasteiger partial charge is 0.497 e. The van der Waals surface area contributed by atoms with Crippen molar-refractivity contribution in [3.63, 3.8) is 0 Å². The van der Waals surface area contributed by atoms with Gasteiger partial charge < -0.3 is 14.6 Å². The van der Waals surface area contributed by atoms with Crippen molar-refractivity contribution in [2.45, 2.75) is 12.6 Å². The van der Waals surface area contributed by atoms with E-state index in [2.05, 4.69) is 10.3 Å². The van der Waals surface area contributed by atoms with E-state index in [-0.39, 0.29) is 18.1 Å². The molecule has 0 bridgehead atoms. The number of ether oxygens (including phenoxy) is 1. The molecular weight excluding hydrogens is 382 g/mol. The predicted molar refractivity (Wildman–Crippen MR) is 113 cm³/mol. The van der Waals surface area contributed by atoms with Crippen LogP contribution in [0.1, 0.15) is 17.4 Å². The Morgan fingerprint density at radius 3 is 2.60 bits per heavy atom. The number of carbonyl (C=O) groups is 1. The van der Waals surface area contributed by atoms with E-state index in [0.717, 1.165) is 16.6 Å². The zero-order valence-corrected chi connectivity index (χ0v) is 17.1. The lowest BCUT2D eigenvalue weighted by Gasteiger charge is -2.20. The molecule has 0 fully saturated rings. The standard InChI is InChI=1S/C22H23N5O3/c1-25-12-11-23-21(25)20(15-7-6-8-16(13-15)30-3)24-19(28)14-27-18-10-5-4-9-17(18)26(2)22(27)29/h4-13,20H,14H2,1-3H3,(H,24,28). The van der Waals surface area contributed by atoms with Crippen LogP contribution in [0.2, 0.25) is 0 Å². The molecule has 0 radical (unpaired) electrons. The van der Waals surface area contributed by atoms with Gasteiger partial charge in [0.2, 0.25) is 5.91 Å². The van der Waals surface area contributed by atoms with E-state index in [0.29, 0.717) is 11.6 Å². The summed E-state index contributed by atoms with van der Waals surface area (Å²) >= 11 is 0. The molecule has 0 aliphatic carbocycles. The molecule has 8 nitrogen and oxygen atoms in total. The van der Waals surface area contributed by atoms with Crippen LogP contribution in [0.25, 0.3) is 11.0 Å². The average Bonchev–Trinajstić information content (AvgIpc) is 3.29. The second kappa shape index (κ2) is 7.90. The van der Waals surface area contributed by atoms with Crippen LogP contribution in [0.15, 0.2) is 65.7 Å². The van der Waals surface area contributed by atoms with Crippen molar-refractivity contribution in [3.8, 4) is 5.75 Å².